The molecule has 0 heterocycles. The molecule has 0 amide bonds. The minimum atomic E-state index is -2.47. The third-order valence-electron chi connectivity index (χ3n) is 2.07. The molecule has 0 aliphatic heterocycles. The summed E-state index contributed by atoms with van der Waals surface area (Å²) in [4.78, 5) is 0. The molecule has 1 saturated carbocycles. The lowest BCUT2D eigenvalue weighted by atomic mass is 10.00. The van der Waals surface area contributed by atoms with Gasteiger partial charge < -0.3 is 0 Å². The van der Waals surface area contributed by atoms with E-state index < -0.39 is 6.00 Å². The van der Waals surface area contributed by atoms with Gasteiger partial charge in [0.2, 0.25) is 0 Å². The fourth-order valence-corrected chi connectivity index (χ4v) is 4.81. The van der Waals surface area contributed by atoms with Crippen LogP contribution < -0.4 is 0 Å². The fraction of sp³-hybridized carbons (Fsp3) is 1.00. The molecule has 0 aromatic heterocycles. The highest BCUT2D eigenvalue weighted by molar-refractivity contribution is 7.65. The molecular weight excluding hydrogens is 242 g/mol. The highest BCUT2D eigenvalue weighted by Crippen LogP contribution is 2.44. The maximum absolute atomic E-state index is 5.96. The van der Waals surface area contributed by atoms with Gasteiger partial charge >= 0.3 is 6.00 Å². The Bertz CT molecular complexity index is 133. The van der Waals surface area contributed by atoms with Crippen LogP contribution in [-0.2, 0) is 0 Å². The van der Waals surface area contributed by atoms with Crippen molar-refractivity contribution in [1.82, 2.24) is 0 Å². The average Bonchev–Trinajstić information content (AvgIpc) is 1.86. The third kappa shape index (κ3) is 3.31. The molecular formula is C6H10Cl4Si. The molecule has 66 valence electrons. The van der Waals surface area contributed by atoms with Crippen LogP contribution in [0.15, 0.2) is 0 Å². The van der Waals surface area contributed by atoms with Crippen molar-refractivity contribution < 1.29 is 0 Å². The molecule has 0 N–H and O–H groups in total. The first-order chi connectivity index (χ1) is 5.00. The summed E-state index contributed by atoms with van der Waals surface area (Å²) < 4.78 is 0. The lowest BCUT2D eigenvalue weighted by molar-refractivity contribution is 0.507. The molecule has 0 aromatic carbocycles. The minimum absolute atomic E-state index is 0.233. The molecule has 1 fully saturated rings. The largest absolute Gasteiger partial charge is 0.344 e. The standard InChI is InChI=1S/C6H10Cl4Si/c7-5-2-1-3-6(4-5)11(8,9)10/h5-6H,1-4H2. The number of hydrogen-bond acceptors (Lipinski definition) is 0. The quantitative estimate of drug-likeness (QED) is 0.373. The molecule has 0 spiro atoms. The molecule has 0 aromatic rings. The number of alkyl halides is 1. The number of rotatable bonds is 1. The molecule has 2 atom stereocenters. The smallest absolute Gasteiger partial charge is 0.126 e. The summed E-state index contributed by atoms with van der Waals surface area (Å²) >= 11 is 23.6. The van der Waals surface area contributed by atoms with E-state index in [1.807, 2.05) is 0 Å². The first kappa shape index (κ1) is 10.5. The maximum atomic E-state index is 5.96. The van der Waals surface area contributed by atoms with Gasteiger partial charge in [0.25, 0.3) is 0 Å². The first-order valence-corrected chi connectivity index (χ1v) is 9.26. The molecule has 1 aliphatic carbocycles. The van der Waals surface area contributed by atoms with Crippen molar-refractivity contribution in [3.8, 4) is 0 Å². The van der Waals surface area contributed by atoms with Crippen molar-refractivity contribution >= 4 is 50.8 Å². The van der Waals surface area contributed by atoms with Crippen LogP contribution in [0.1, 0.15) is 25.7 Å². The molecule has 1 aliphatic rings. The van der Waals surface area contributed by atoms with Crippen LogP contribution in [0.5, 0.6) is 0 Å². The zero-order chi connectivity index (χ0) is 8.48. The first-order valence-electron chi connectivity index (χ1n) is 3.71. The van der Waals surface area contributed by atoms with E-state index in [1.54, 1.807) is 0 Å². The topological polar surface area (TPSA) is 0 Å². The zero-order valence-corrected chi connectivity index (χ0v) is 10.0. The Kier molecular flexibility index (Phi) is 3.86. The molecule has 0 saturated heterocycles. The van der Waals surface area contributed by atoms with E-state index in [2.05, 4.69) is 0 Å². The zero-order valence-electron chi connectivity index (χ0n) is 5.99. The van der Waals surface area contributed by atoms with E-state index >= 15 is 0 Å². The molecule has 0 nitrogen and oxygen atoms in total. The molecule has 1 rings (SSSR count). The second kappa shape index (κ2) is 4.06. The van der Waals surface area contributed by atoms with Crippen molar-refractivity contribution in [1.29, 1.82) is 0 Å². The van der Waals surface area contributed by atoms with Gasteiger partial charge in [-0.1, -0.05) is 6.42 Å². The van der Waals surface area contributed by atoms with Crippen molar-refractivity contribution in [2.24, 2.45) is 0 Å². The van der Waals surface area contributed by atoms with Crippen molar-refractivity contribution in [3.63, 3.8) is 0 Å². The van der Waals surface area contributed by atoms with Crippen LogP contribution in [0, 0.1) is 0 Å². The van der Waals surface area contributed by atoms with Crippen LogP contribution in [-0.4, -0.2) is 11.4 Å². The Morgan fingerprint density at radius 3 is 2.09 bits per heavy atom. The molecule has 0 bridgehead atoms. The van der Waals surface area contributed by atoms with E-state index in [9.17, 15) is 0 Å². The number of halogens is 4. The van der Waals surface area contributed by atoms with Crippen LogP contribution in [0.2, 0.25) is 5.54 Å². The number of hydrogen-bond donors (Lipinski definition) is 0. The van der Waals surface area contributed by atoms with Crippen LogP contribution in [0.25, 0.3) is 0 Å². The van der Waals surface area contributed by atoms with Crippen molar-refractivity contribution in [2.75, 3.05) is 0 Å². The summed E-state index contributed by atoms with van der Waals surface area (Å²) in [5.74, 6) is 0. The molecule has 0 radical (unpaired) electrons. The van der Waals surface area contributed by atoms with Gasteiger partial charge in [0, 0.05) is 5.38 Å². The Morgan fingerprint density at radius 2 is 1.73 bits per heavy atom. The summed E-state index contributed by atoms with van der Waals surface area (Å²) in [6.07, 6.45) is 4.13. The fourth-order valence-electron chi connectivity index (χ4n) is 1.43. The Labute approximate surface area is 87.3 Å². The van der Waals surface area contributed by atoms with E-state index in [0.29, 0.717) is 0 Å². The Hall–Kier alpha value is 1.38. The van der Waals surface area contributed by atoms with Gasteiger partial charge in [-0.3, -0.25) is 0 Å². The second-order valence-electron chi connectivity index (χ2n) is 3.00. The summed E-state index contributed by atoms with van der Waals surface area (Å²) in [6, 6.07) is -2.47. The van der Waals surface area contributed by atoms with E-state index in [0.717, 1.165) is 25.7 Å². The minimum Gasteiger partial charge on any atom is -0.126 e. The predicted octanol–water partition coefficient (Wildman–Crippen LogP) is 4.19. The Morgan fingerprint density at radius 1 is 1.09 bits per heavy atom. The van der Waals surface area contributed by atoms with E-state index in [-0.39, 0.29) is 10.9 Å². The second-order valence-corrected chi connectivity index (χ2v) is 12.6. The van der Waals surface area contributed by atoms with Crippen molar-refractivity contribution in [3.05, 3.63) is 0 Å². The SMILES string of the molecule is ClC1CCCC([Si](Cl)(Cl)Cl)C1. The van der Waals surface area contributed by atoms with Crippen LogP contribution in [0.4, 0.5) is 0 Å². The van der Waals surface area contributed by atoms with Crippen molar-refractivity contribution in [2.45, 2.75) is 36.6 Å². The predicted molar refractivity (Wildman–Crippen MR) is 55.2 cm³/mol. The van der Waals surface area contributed by atoms with Gasteiger partial charge in [0.15, 0.2) is 0 Å². The summed E-state index contributed by atoms with van der Waals surface area (Å²) in [5, 5.41) is 0.233. The van der Waals surface area contributed by atoms with Crippen LogP contribution in [0.3, 0.4) is 0 Å². The van der Waals surface area contributed by atoms with Crippen LogP contribution >= 0.6 is 44.8 Å². The lowest BCUT2D eigenvalue weighted by Gasteiger charge is -2.28. The summed E-state index contributed by atoms with van der Waals surface area (Å²) in [5.41, 5.74) is 0.281. The highest BCUT2D eigenvalue weighted by atomic mass is 35.8. The summed E-state index contributed by atoms with van der Waals surface area (Å²) in [6.45, 7) is 0. The summed E-state index contributed by atoms with van der Waals surface area (Å²) in [7, 11) is 0. The third-order valence-corrected chi connectivity index (χ3v) is 6.70. The van der Waals surface area contributed by atoms with Gasteiger partial charge in [-0.15, -0.1) is 44.8 Å². The highest BCUT2D eigenvalue weighted by Gasteiger charge is 2.39. The van der Waals surface area contributed by atoms with Gasteiger partial charge in [-0.05, 0) is 24.8 Å². The van der Waals surface area contributed by atoms with E-state index in [4.69, 9.17) is 44.8 Å². The normalized spacial score (nSPS) is 33.8. The van der Waals surface area contributed by atoms with Gasteiger partial charge in [0.1, 0.15) is 0 Å². The van der Waals surface area contributed by atoms with Gasteiger partial charge in [-0.2, -0.15) is 0 Å². The molecule has 11 heavy (non-hydrogen) atoms. The maximum Gasteiger partial charge on any atom is 0.344 e. The molecule has 5 heteroatoms. The average molecular weight is 252 g/mol. The van der Waals surface area contributed by atoms with Gasteiger partial charge in [-0.25, -0.2) is 0 Å². The molecule has 2 unspecified atom stereocenters. The van der Waals surface area contributed by atoms with E-state index in [1.165, 1.54) is 0 Å². The Balaban J connectivity index is 2.46. The monoisotopic (exact) mass is 250 g/mol. The lowest BCUT2D eigenvalue weighted by Crippen LogP contribution is -2.26. The van der Waals surface area contributed by atoms with Gasteiger partial charge in [0.05, 0.1) is 0 Å².